The van der Waals surface area contributed by atoms with Gasteiger partial charge in [0.1, 0.15) is 0 Å². The van der Waals surface area contributed by atoms with Crippen molar-refractivity contribution in [2.75, 3.05) is 16.4 Å². The molecule has 0 aromatic heterocycles. The first-order valence-electron chi connectivity index (χ1n) is 5.92. The van der Waals surface area contributed by atoms with Crippen molar-refractivity contribution in [3.8, 4) is 0 Å². The van der Waals surface area contributed by atoms with E-state index in [1.54, 1.807) is 17.0 Å². The van der Waals surface area contributed by atoms with Crippen molar-refractivity contribution in [2.24, 2.45) is 0 Å². The predicted molar refractivity (Wildman–Crippen MR) is 77.5 cm³/mol. The van der Waals surface area contributed by atoms with Crippen LogP contribution in [0.25, 0.3) is 0 Å². The summed E-state index contributed by atoms with van der Waals surface area (Å²) in [6.07, 6.45) is 0. The van der Waals surface area contributed by atoms with E-state index in [9.17, 15) is 18.5 Å². The Bertz CT molecular complexity index is 686. The summed E-state index contributed by atoms with van der Waals surface area (Å²) in [6.45, 7) is 0. The smallest absolute Gasteiger partial charge is 0.269 e. The first kappa shape index (κ1) is 13.3. The van der Waals surface area contributed by atoms with E-state index in [-0.39, 0.29) is 29.3 Å². The monoisotopic (exact) mass is 313 g/mol. The summed E-state index contributed by atoms with van der Waals surface area (Å²) in [5, 5.41) is 14.1. The third-order valence-corrected chi connectivity index (χ3v) is 5.55. The topological polar surface area (TPSA) is 92.6 Å². The molecule has 0 bridgehead atoms. The van der Waals surface area contributed by atoms with Crippen LogP contribution in [0.2, 0.25) is 0 Å². The van der Waals surface area contributed by atoms with E-state index in [1.165, 1.54) is 12.1 Å². The number of anilines is 1. The van der Waals surface area contributed by atoms with Gasteiger partial charge in [0, 0.05) is 17.8 Å². The summed E-state index contributed by atoms with van der Waals surface area (Å²) in [6, 6.07) is 5.49. The molecule has 7 nitrogen and oxygen atoms in total. The molecule has 3 rings (SSSR count). The summed E-state index contributed by atoms with van der Waals surface area (Å²) >= 11 is 5.22. The molecule has 0 saturated carbocycles. The van der Waals surface area contributed by atoms with E-state index in [1.807, 2.05) is 0 Å². The molecule has 1 N–H and O–H groups in total. The van der Waals surface area contributed by atoms with Crippen LogP contribution in [0.3, 0.4) is 0 Å². The summed E-state index contributed by atoms with van der Waals surface area (Å²) in [4.78, 5) is 11.9. The van der Waals surface area contributed by atoms with E-state index in [4.69, 9.17) is 12.2 Å². The van der Waals surface area contributed by atoms with E-state index in [0.717, 1.165) is 0 Å². The van der Waals surface area contributed by atoms with Gasteiger partial charge in [-0.2, -0.15) is 0 Å². The van der Waals surface area contributed by atoms with E-state index in [2.05, 4.69) is 5.32 Å². The number of fused-ring (bicyclic) bond motifs is 1. The largest absolute Gasteiger partial charge is 0.356 e. The minimum atomic E-state index is -3.06. The molecular weight excluding hydrogens is 302 g/mol. The van der Waals surface area contributed by atoms with Crippen molar-refractivity contribution in [3.05, 3.63) is 34.4 Å². The third kappa shape index (κ3) is 2.12. The Morgan fingerprint density at radius 1 is 1.30 bits per heavy atom. The number of hydrogen-bond acceptors (Lipinski definition) is 5. The Kier molecular flexibility index (Phi) is 2.91. The molecule has 2 aliphatic heterocycles. The highest BCUT2D eigenvalue weighted by molar-refractivity contribution is 7.91. The van der Waals surface area contributed by atoms with Gasteiger partial charge in [0.15, 0.2) is 14.9 Å². The molecule has 2 heterocycles. The molecule has 9 heteroatoms. The van der Waals surface area contributed by atoms with Crippen molar-refractivity contribution >= 4 is 38.5 Å². The highest BCUT2D eigenvalue weighted by Crippen LogP contribution is 2.30. The Balaban J connectivity index is 1.93. The molecule has 0 radical (unpaired) electrons. The summed E-state index contributed by atoms with van der Waals surface area (Å²) < 4.78 is 23.3. The van der Waals surface area contributed by atoms with E-state index in [0.29, 0.717) is 10.8 Å². The lowest BCUT2D eigenvalue weighted by atomic mass is 10.1. The summed E-state index contributed by atoms with van der Waals surface area (Å²) in [5.41, 5.74) is 0.653. The van der Waals surface area contributed by atoms with Crippen LogP contribution in [0, 0.1) is 10.1 Å². The van der Waals surface area contributed by atoms with E-state index < -0.39 is 14.8 Å². The quantitative estimate of drug-likeness (QED) is 0.481. The fourth-order valence-corrected chi connectivity index (χ4v) is 4.93. The normalized spacial score (nSPS) is 27.2. The fraction of sp³-hybridized carbons (Fsp3) is 0.364. The Hall–Kier alpha value is -1.74. The number of nitro benzene ring substituents is 1. The van der Waals surface area contributed by atoms with Gasteiger partial charge in [0.05, 0.1) is 28.5 Å². The van der Waals surface area contributed by atoms with Gasteiger partial charge in [0.2, 0.25) is 0 Å². The standard InChI is InChI=1S/C11H11N3O4S2/c15-14(16)8-3-1-7(2-4-8)13-10-6-20(17,18)5-9(10)12-11(13)19/h1-4,9-10H,5-6H2,(H,12,19). The molecule has 2 atom stereocenters. The van der Waals surface area contributed by atoms with Gasteiger partial charge in [-0.25, -0.2) is 8.42 Å². The van der Waals surface area contributed by atoms with Gasteiger partial charge in [0.25, 0.3) is 5.69 Å². The number of nitro groups is 1. The molecule has 20 heavy (non-hydrogen) atoms. The van der Waals surface area contributed by atoms with Crippen LogP contribution < -0.4 is 10.2 Å². The summed E-state index contributed by atoms with van der Waals surface area (Å²) in [7, 11) is -3.06. The third-order valence-electron chi connectivity index (χ3n) is 3.52. The van der Waals surface area contributed by atoms with Crippen LogP contribution in [0.4, 0.5) is 11.4 Å². The number of sulfone groups is 1. The minimum Gasteiger partial charge on any atom is -0.356 e. The average Bonchev–Trinajstić information content (AvgIpc) is 2.79. The number of nitrogens with zero attached hydrogens (tertiary/aromatic N) is 2. The lowest BCUT2D eigenvalue weighted by Crippen LogP contribution is -2.36. The number of non-ortho nitro benzene ring substituents is 1. The molecule has 0 spiro atoms. The fourth-order valence-electron chi connectivity index (χ4n) is 2.64. The van der Waals surface area contributed by atoms with E-state index >= 15 is 0 Å². The van der Waals surface area contributed by atoms with Gasteiger partial charge >= 0.3 is 0 Å². The second kappa shape index (κ2) is 4.38. The van der Waals surface area contributed by atoms with Crippen molar-refractivity contribution in [2.45, 2.75) is 12.1 Å². The molecule has 2 aliphatic rings. The van der Waals surface area contributed by atoms with Gasteiger partial charge in [-0.1, -0.05) is 0 Å². The van der Waals surface area contributed by atoms with Gasteiger partial charge < -0.3 is 10.2 Å². The number of nitrogens with one attached hydrogen (secondary N) is 1. The number of thiocarbonyl (C=S) groups is 1. The SMILES string of the molecule is O=[N+]([O-])c1ccc(N2C(=S)NC3CS(=O)(=O)CC32)cc1. The molecule has 0 aliphatic carbocycles. The van der Waals surface area contributed by atoms with Crippen molar-refractivity contribution in [3.63, 3.8) is 0 Å². The molecule has 2 unspecified atom stereocenters. The van der Waals surface area contributed by atoms with Crippen LogP contribution in [-0.2, 0) is 9.84 Å². The molecule has 1 aromatic carbocycles. The lowest BCUT2D eigenvalue weighted by Gasteiger charge is -2.23. The highest BCUT2D eigenvalue weighted by Gasteiger charge is 2.47. The zero-order valence-corrected chi connectivity index (χ0v) is 11.9. The number of hydrogen-bond donors (Lipinski definition) is 1. The van der Waals surface area contributed by atoms with Gasteiger partial charge in [-0.3, -0.25) is 10.1 Å². The molecule has 1 aromatic rings. The molecule has 2 fully saturated rings. The molecule has 106 valence electrons. The van der Waals surface area contributed by atoms with Crippen LogP contribution in [0.15, 0.2) is 24.3 Å². The first-order valence-corrected chi connectivity index (χ1v) is 8.15. The van der Waals surface area contributed by atoms with Crippen LogP contribution >= 0.6 is 12.2 Å². The Morgan fingerprint density at radius 2 is 1.95 bits per heavy atom. The lowest BCUT2D eigenvalue weighted by molar-refractivity contribution is -0.384. The van der Waals surface area contributed by atoms with Crippen molar-refractivity contribution in [1.29, 1.82) is 0 Å². The van der Waals surface area contributed by atoms with Crippen LogP contribution in [-0.4, -0.2) is 42.0 Å². The maximum Gasteiger partial charge on any atom is 0.269 e. The van der Waals surface area contributed by atoms with Crippen molar-refractivity contribution in [1.82, 2.24) is 5.32 Å². The van der Waals surface area contributed by atoms with Gasteiger partial charge in [-0.15, -0.1) is 0 Å². The van der Waals surface area contributed by atoms with Crippen molar-refractivity contribution < 1.29 is 13.3 Å². The van der Waals surface area contributed by atoms with Crippen LogP contribution in [0.1, 0.15) is 0 Å². The zero-order valence-electron chi connectivity index (χ0n) is 10.2. The highest BCUT2D eigenvalue weighted by atomic mass is 32.2. The average molecular weight is 313 g/mol. The Morgan fingerprint density at radius 3 is 2.55 bits per heavy atom. The molecular formula is C11H11N3O4S2. The Labute approximate surface area is 120 Å². The second-order valence-electron chi connectivity index (χ2n) is 4.84. The van der Waals surface area contributed by atoms with Crippen LogP contribution in [0.5, 0.6) is 0 Å². The van der Waals surface area contributed by atoms with Gasteiger partial charge in [-0.05, 0) is 24.4 Å². The number of benzene rings is 1. The second-order valence-corrected chi connectivity index (χ2v) is 7.38. The predicted octanol–water partition coefficient (Wildman–Crippen LogP) is 0.455. The molecule has 2 saturated heterocycles. The molecule has 0 amide bonds. The maximum absolute atomic E-state index is 11.7. The summed E-state index contributed by atoms with van der Waals surface area (Å²) in [5.74, 6) is 0.114. The maximum atomic E-state index is 11.7. The number of rotatable bonds is 2. The first-order chi connectivity index (χ1) is 9.37. The minimum absolute atomic E-state index is 0.0117. The zero-order chi connectivity index (χ0) is 14.5.